The van der Waals surface area contributed by atoms with Crippen LogP contribution in [0.5, 0.6) is 0 Å². The molecule has 0 spiro atoms. The quantitative estimate of drug-likeness (QED) is 0.376. The molecule has 0 aromatic heterocycles. The van der Waals surface area contributed by atoms with E-state index in [0.717, 1.165) is 35.1 Å². The van der Waals surface area contributed by atoms with E-state index in [1.165, 1.54) is 38.3 Å². The van der Waals surface area contributed by atoms with Crippen LogP contribution >= 0.6 is 0 Å². The third kappa shape index (κ3) is 6.65. The Labute approximate surface area is 195 Å². The van der Waals surface area contributed by atoms with Gasteiger partial charge in [0, 0.05) is 40.7 Å². The summed E-state index contributed by atoms with van der Waals surface area (Å²) < 4.78 is 0. The second kappa shape index (κ2) is 10.2. The largest absolute Gasteiger partial charge is 0.388 e. The van der Waals surface area contributed by atoms with Crippen LogP contribution in [0.15, 0.2) is 36.6 Å². The van der Waals surface area contributed by atoms with Crippen LogP contribution in [-0.4, -0.2) is 29.0 Å². The molecule has 4 heteroatoms. The van der Waals surface area contributed by atoms with Crippen molar-refractivity contribution < 1.29 is 0 Å². The Morgan fingerprint density at radius 1 is 1.06 bits per heavy atom. The number of aryl methyl sites for hydroxylation is 1. The van der Waals surface area contributed by atoms with Crippen LogP contribution < -0.4 is 10.6 Å². The average Bonchev–Trinajstić information content (AvgIpc) is 2.71. The first-order valence-corrected chi connectivity index (χ1v) is 12.2. The molecule has 0 bridgehead atoms. The van der Waals surface area contributed by atoms with Crippen LogP contribution in [0.1, 0.15) is 89.3 Å². The lowest BCUT2D eigenvalue weighted by molar-refractivity contribution is 0.150. The smallest absolute Gasteiger partial charge is 0.0611 e. The van der Waals surface area contributed by atoms with Gasteiger partial charge in [-0.2, -0.15) is 0 Å². The molecule has 174 valence electrons. The number of allylic oxidation sites excluding steroid dienone is 3. The van der Waals surface area contributed by atoms with Crippen molar-refractivity contribution in [2.24, 2.45) is 5.92 Å². The van der Waals surface area contributed by atoms with Gasteiger partial charge in [0.1, 0.15) is 0 Å². The molecule has 0 unspecified atom stereocenters. The van der Waals surface area contributed by atoms with Crippen molar-refractivity contribution in [3.05, 3.63) is 53.2 Å². The Kier molecular flexibility index (Phi) is 7.76. The van der Waals surface area contributed by atoms with Gasteiger partial charge in [-0.1, -0.05) is 43.5 Å². The predicted molar refractivity (Wildman–Crippen MR) is 138 cm³/mol. The first kappa shape index (κ1) is 24.4. The molecule has 2 fully saturated rings. The topological polar surface area (TPSA) is 71.8 Å². The second-order valence-corrected chi connectivity index (χ2v) is 11.1. The summed E-state index contributed by atoms with van der Waals surface area (Å²) in [5.41, 5.74) is 4.74. The van der Waals surface area contributed by atoms with Crippen molar-refractivity contribution in [1.29, 1.82) is 10.8 Å². The van der Waals surface area contributed by atoms with Gasteiger partial charge in [-0.3, -0.25) is 0 Å². The molecule has 0 amide bonds. The highest BCUT2D eigenvalue weighted by molar-refractivity contribution is 6.10. The van der Waals surface area contributed by atoms with E-state index in [1.807, 2.05) is 24.4 Å². The van der Waals surface area contributed by atoms with Crippen LogP contribution in [0.4, 0.5) is 0 Å². The van der Waals surface area contributed by atoms with Crippen molar-refractivity contribution in [3.63, 3.8) is 0 Å². The number of hydrogen-bond acceptors (Lipinski definition) is 4. The fourth-order valence-electron chi connectivity index (χ4n) is 5.69. The third-order valence-electron chi connectivity index (χ3n) is 6.84. The molecule has 32 heavy (non-hydrogen) atoms. The second-order valence-electron chi connectivity index (χ2n) is 11.1. The molecule has 1 heterocycles. The van der Waals surface area contributed by atoms with E-state index in [4.69, 9.17) is 10.8 Å². The maximum Gasteiger partial charge on any atom is 0.0611 e. The van der Waals surface area contributed by atoms with Gasteiger partial charge >= 0.3 is 0 Å². The van der Waals surface area contributed by atoms with E-state index in [2.05, 4.69) is 57.4 Å². The number of hydrogen-bond donors (Lipinski definition) is 4. The Hall–Kier alpha value is -2.20. The minimum absolute atomic E-state index is 0.109. The molecule has 1 aromatic rings. The van der Waals surface area contributed by atoms with Gasteiger partial charge < -0.3 is 21.5 Å². The van der Waals surface area contributed by atoms with Gasteiger partial charge in [0.15, 0.2) is 0 Å². The molecule has 4 N–H and O–H groups in total. The normalized spacial score (nSPS) is 22.1. The van der Waals surface area contributed by atoms with Crippen LogP contribution in [0.2, 0.25) is 0 Å². The van der Waals surface area contributed by atoms with Crippen LogP contribution in [-0.2, 0) is 0 Å². The average molecular weight is 435 g/mol. The Morgan fingerprint density at radius 2 is 1.72 bits per heavy atom. The fraction of sp³-hybridized carbons (Fsp3) is 0.571. The number of nitrogens with one attached hydrogen (secondary N) is 4. The van der Waals surface area contributed by atoms with Crippen molar-refractivity contribution in [2.45, 2.75) is 96.7 Å². The minimum Gasteiger partial charge on any atom is -0.388 e. The fourth-order valence-corrected chi connectivity index (χ4v) is 5.69. The van der Waals surface area contributed by atoms with Gasteiger partial charge in [0.2, 0.25) is 0 Å². The zero-order chi connectivity index (χ0) is 23.4. The molecular formula is C28H42N4. The summed E-state index contributed by atoms with van der Waals surface area (Å²) in [4.78, 5) is 0. The molecule has 1 aromatic carbocycles. The summed E-state index contributed by atoms with van der Waals surface area (Å²) in [5, 5.41) is 23.8. The first-order valence-electron chi connectivity index (χ1n) is 12.2. The molecule has 1 saturated carbocycles. The van der Waals surface area contributed by atoms with Crippen LogP contribution in [0, 0.1) is 23.7 Å². The molecule has 3 rings (SSSR count). The van der Waals surface area contributed by atoms with E-state index < -0.39 is 0 Å². The zero-order valence-electron chi connectivity index (χ0n) is 20.6. The number of benzene rings is 1. The van der Waals surface area contributed by atoms with Gasteiger partial charge in [0.05, 0.1) is 5.71 Å². The lowest BCUT2D eigenvalue weighted by Gasteiger charge is -2.45. The minimum atomic E-state index is 0.109. The Morgan fingerprint density at radius 3 is 2.31 bits per heavy atom. The van der Waals surface area contributed by atoms with Gasteiger partial charge in [0.25, 0.3) is 0 Å². The summed E-state index contributed by atoms with van der Waals surface area (Å²) in [6.07, 6.45) is 16.2. The van der Waals surface area contributed by atoms with Crippen LogP contribution in [0.3, 0.4) is 0 Å². The molecule has 0 radical (unpaired) electrons. The van der Waals surface area contributed by atoms with E-state index >= 15 is 0 Å². The number of rotatable bonds is 7. The summed E-state index contributed by atoms with van der Waals surface area (Å²) in [7, 11) is 0. The van der Waals surface area contributed by atoms with E-state index in [9.17, 15) is 0 Å². The zero-order valence-corrected chi connectivity index (χ0v) is 20.6. The monoisotopic (exact) mass is 434 g/mol. The molecule has 1 aliphatic heterocycles. The highest BCUT2D eigenvalue weighted by Gasteiger charge is 2.36. The van der Waals surface area contributed by atoms with E-state index in [1.54, 1.807) is 0 Å². The van der Waals surface area contributed by atoms with Crippen molar-refractivity contribution >= 4 is 17.5 Å². The van der Waals surface area contributed by atoms with Crippen molar-refractivity contribution in [1.82, 2.24) is 10.6 Å². The summed E-state index contributed by atoms with van der Waals surface area (Å²) in [6.45, 7) is 11.1. The van der Waals surface area contributed by atoms with Gasteiger partial charge in [-0.05, 0) is 83.4 Å². The lowest BCUT2D eigenvalue weighted by Crippen LogP contribution is -2.57. The molecular weight excluding hydrogens is 392 g/mol. The molecule has 0 atom stereocenters. The summed E-state index contributed by atoms with van der Waals surface area (Å²) in [5.74, 6) is 0.472. The van der Waals surface area contributed by atoms with Crippen molar-refractivity contribution in [3.8, 4) is 0 Å². The molecule has 4 nitrogen and oxygen atoms in total. The predicted octanol–water partition coefficient (Wildman–Crippen LogP) is 6.39. The number of piperidine rings is 1. The Balaban J connectivity index is 1.69. The summed E-state index contributed by atoms with van der Waals surface area (Å²) >= 11 is 0. The van der Waals surface area contributed by atoms with E-state index in [-0.39, 0.29) is 11.1 Å². The molecule has 2 aliphatic rings. The molecule has 1 saturated heterocycles. The molecule has 1 aliphatic carbocycles. The van der Waals surface area contributed by atoms with Crippen LogP contribution in [0.25, 0.3) is 5.57 Å². The lowest BCUT2D eigenvalue weighted by atomic mass is 9.75. The summed E-state index contributed by atoms with van der Waals surface area (Å²) in [6, 6.07) is 6.71. The van der Waals surface area contributed by atoms with Gasteiger partial charge in [-0.15, -0.1) is 0 Å². The van der Waals surface area contributed by atoms with Crippen molar-refractivity contribution in [2.75, 3.05) is 0 Å². The standard InChI is InChI=1S/C28H42N4/c1-20-15-22(23(18-29)19-31-24-9-7-6-8-10-24)12-13-25(20)26(30)14-11-21-16-27(2,3)32-28(4,5)17-21/h11-15,18-19,21,24,29-32H,6-10,16-17H2,1-5H3/b14-11-,23-19+,29-18?,30-26?. The highest BCUT2D eigenvalue weighted by Crippen LogP contribution is 2.33. The maximum atomic E-state index is 8.65. The SMILES string of the molecule is Cc1cc(/C(C=N)=C/NC2CCCCC2)ccc1C(=N)/C=C\C1CC(C)(C)NC(C)(C)C1. The van der Waals surface area contributed by atoms with E-state index in [0.29, 0.717) is 17.7 Å². The highest BCUT2D eigenvalue weighted by atomic mass is 15.0. The first-order chi connectivity index (χ1) is 15.1. The maximum absolute atomic E-state index is 8.65. The third-order valence-corrected chi connectivity index (χ3v) is 6.84. The Bertz CT molecular complexity index is 869. The van der Waals surface area contributed by atoms with Gasteiger partial charge in [-0.25, -0.2) is 0 Å².